The second-order valence-electron chi connectivity index (χ2n) is 2.21. The topological polar surface area (TPSA) is 32.9 Å². The molecule has 0 aromatic carbocycles. The summed E-state index contributed by atoms with van der Waals surface area (Å²) >= 11 is 0. The van der Waals surface area contributed by atoms with Crippen molar-refractivity contribution in [2.45, 2.75) is 13.1 Å². The Labute approximate surface area is 66.0 Å². The number of H-pyrrole nitrogens is 1. The molecule has 0 saturated carbocycles. The molecule has 66 valence electrons. The van der Waals surface area contributed by atoms with Crippen LogP contribution in [0.2, 0.25) is 0 Å². The molecular weight excluding hydrogens is 171 g/mol. The van der Waals surface area contributed by atoms with Crippen LogP contribution in [-0.4, -0.2) is 4.98 Å². The van der Waals surface area contributed by atoms with Gasteiger partial charge in [0.2, 0.25) is 0 Å². The molecule has 0 amide bonds. The van der Waals surface area contributed by atoms with Crippen molar-refractivity contribution >= 4 is 0 Å². The molecule has 0 aliphatic heterocycles. The average molecular weight is 177 g/mol. The maximum atomic E-state index is 11.9. The summed E-state index contributed by atoms with van der Waals surface area (Å²) in [5, 5.41) is 0. The number of rotatable bonds is 2. The predicted octanol–water partition coefficient (Wildman–Crippen LogP) is 1.78. The lowest BCUT2D eigenvalue weighted by atomic mass is 10.2. The fraction of sp³-hybridized carbons (Fsp3) is 0.286. The van der Waals surface area contributed by atoms with Crippen LogP contribution in [-0.2, 0) is 6.67 Å². The van der Waals surface area contributed by atoms with Crippen LogP contribution in [0.5, 0.6) is 0 Å². The summed E-state index contributed by atoms with van der Waals surface area (Å²) in [5.41, 5.74) is -1.33. The molecular formula is C7H6F3NO. The lowest BCUT2D eigenvalue weighted by molar-refractivity contribution is 0.146. The quantitative estimate of drug-likeness (QED) is 0.733. The van der Waals surface area contributed by atoms with Crippen LogP contribution in [0.25, 0.3) is 0 Å². The standard InChI is InChI=1S/C7H6F3NO/c8-2-4-3-11-5(7(9)10)1-6(4)12/h1,3,7H,2H2,(H,11,12). The fourth-order valence-electron chi connectivity index (χ4n) is 0.748. The molecule has 0 aliphatic carbocycles. The van der Waals surface area contributed by atoms with Gasteiger partial charge in [-0.15, -0.1) is 0 Å². The van der Waals surface area contributed by atoms with Gasteiger partial charge in [0.1, 0.15) is 6.67 Å². The van der Waals surface area contributed by atoms with Gasteiger partial charge in [-0.1, -0.05) is 0 Å². The first-order valence-electron chi connectivity index (χ1n) is 3.20. The summed E-state index contributed by atoms with van der Waals surface area (Å²) in [6.07, 6.45) is -1.77. The van der Waals surface area contributed by atoms with E-state index in [1.165, 1.54) is 0 Å². The number of aromatic nitrogens is 1. The van der Waals surface area contributed by atoms with Crippen LogP contribution in [0, 0.1) is 0 Å². The fourth-order valence-corrected chi connectivity index (χ4v) is 0.748. The van der Waals surface area contributed by atoms with E-state index in [0.29, 0.717) is 6.07 Å². The Kier molecular flexibility index (Phi) is 2.52. The van der Waals surface area contributed by atoms with Crippen LogP contribution < -0.4 is 5.43 Å². The highest BCUT2D eigenvalue weighted by Gasteiger charge is 2.09. The number of hydrogen-bond donors (Lipinski definition) is 1. The van der Waals surface area contributed by atoms with Gasteiger partial charge in [0.25, 0.3) is 6.43 Å². The van der Waals surface area contributed by atoms with Crippen molar-refractivity contribution in [1.29, 1.82) is 0 Å². The van der Waals surface area contributed by atoms with Gasteiger partial charge in [-0.05, 0) is 0 Å². The van der Waals surface area contributed by atoms with Crippen molar-refractivity contribution in [2.24, 2.45) is 0 Å². The molecule has 0 fully saturated rings. The van der Waals surface area contributed by atoms with E-state index in [1.54, 1.807) is 0 Å². The van der Waals surface area contributed by atoms with Gasteiger partial charge in [0.05, 0.1) is 5.69 Å². The normalized spacial score (nSPS) is 10.7. The minimum absolute atomic E-state index is 0.139. The van der Waals surface area contributed by atoms with Crippen molar-refractivity contribution in [3.8, 4) is 0 Å². The molecule has 0 aliphatic rings. The molecule has 1 heterocycles. The van der Waals surface area contributed by atoms with E-state index >= 15 is 0 Å². The number of aromatic amines is 1. The van der Waals surface area contributed by atoms with Gasteiger partial charge in [-0.3, -0.25) is 4.79 Å². The average Bonchev–Trinajstić information content (AvgIpc) is 2.04. The Balaban J connectivity index is 3.11. The summed E-state index contributed by atoms with van der Waals surface area (Å²) in [5.74, 6) is 0. The van der Waals surface area contributed by atoms with E-state index in [9.17, 15) is 18.0 Å². The lowest BCUT2D eigenvalue weighted by Crippen LogP contribution is -2.09. The summed E-state index contributed by atoms with van der Waals surface area (Å²) in [6, 6.07) is 0.708. The Morgan fingerprint density at radius 2 is 2.17 bits per heavy atom. The van der Waals surface area contributed by atoms with Crippen LogP contribution in [0.4, 0.5) is 13.2 Å². The van der Waals surface area contributed by atoms with E-state index < -0.39 is 24.2 Å². The van der Waals surface area contributed by atoms with Gasteiger partial charge >= 0.3 is 0 Å². The summed E-state index contributed by atoms with van der Waals surface area (Å²) in [7, 11) is 0. The van der Waals surface area contributed by atoms with E-state index in [-0.39, 0.29) is 5.56 Å². The van der Waals surface area contributed by atoms with E-state index in [0.717, 1.165) is 6.20 Å². The first kappa shape index (κ1) is 8.83. The zero-order valence-corrected chi connectivity index (χ0v) is 5.98. The molecule has 1 aromatic heterocycles. The number of hydrogen-bond acceptors (Lipinski definition) is 1. The van der Waals surface area contributed by atoms with Crippen LogP contribution in [0.15, 0.2) is 17.1 Å². The third-order valence-corrected chi connectivity index (χ3v) is 1.40. The maximum Gasteiger partial charge on any atom is 0.278 e. The van der Waals surface area contributed by atoms with Gasteiger partial charge in [-0.25, -0.2) is 13.2 Å². The molecule has 12 heavy (non-hydrogen) atoms. The van der Waals surface area contributed by atoms with Crippen molar-refractivity contribution < 1.29 is 13.2 Å². The van der Waals surface area contributed by atoms with Crippen molar-refractivity contribution in [1.82, 2.24) is 4.98 Å². The second kappa shape index (κ2) is 3.42. The molecule has 0 unspecified atom stereocenters. The SMILES string of the molecule is O=c1cc(C(F)F)[nH]cc1CF. The van der Waals surface area contributed by atoms with Crippen molar-refractivity contribution in [3.63, 3.8) is 0 Å². The second-order valence-corrected chi connectivity index (χ2v) is 2.21. The maximum absolute atomic E-state index is 11.9. The lowest BCUT2D eigenvalue weighted by Gasteiger charge is -1.99. The van der Waals surface area contributed by atoms with Crippen LogP contribution >= 0.6 is 0 Å². The molecule has 1 aromatic rings. The van der Waals surface area contributed by atoms with Crippen LogP contribution in [0.3, 0.4) is 0 Å². The Hall–Kier alpha value is -1.26. The first-order chi connectivity index (χ1) is 5.65. The molecule has 0 atom stereocenters. The van der Waals surface area contributed by atoms with E-state index in [1.807, 2.05) is 0 Å². The predicted molar refractivity (Wildman–Crippen MR) is 36.8 cm³/mol. The zero-order chi connectivity index (χ0) is 9.14. The number of alkyl halides is 3. The number of pyridine rings is 1. The largest absolute Gasteiger partial charge is 0.360 e. The summed E-state index contributed by atoms with van der Waals surface area (Å²) in [4.78, 5) is 12.9. The molecule has 0 saturated heterocycles. The molecule has 0 spiro atoms. The molecule has 0 bridgehead atoms. The van der Waals surface area contributed by atoms with Crippen LogP contribution in [0.1, 0.15) is 17.7 Å². The van der Waals surface area contributed by atoms with Crippen molar-refractivity contribution in [3.05, 3.63) is 33.7 Å². The monoisotopic (exact) mass is 177 g/mol. The van der Waals surface area contributed by atoms with Crippen molar-refractivity contribution in [2.75, 3.05) is 0 Å². The Morgan fingerprint density at radius 3 is 2.58 bits per heavy atom. The highest BCUT2D eigenvalue weighted by Crippen LogP contribution is 2.13. The minimum Gasteiger partial charge on any atom is -0.360 e. The van der Waals surface area contributed by atoms with Gasteiger partial charge in [0, 0.05) is 17.8 Å². The molecule has 1 rings (SSSR count). The van der Waals surface area contributed by atoms with Gasteiger partial charge in [0.15, 0.2) is 5.43 Å². The minimum atomic E-state index is -2.73. The van der Waals surface area contributed by atoms with E-state index in [4.69, 9.17) is 0 Å². The molecule has 1 N–H and O–H groups in total. The highest BCUT2D eigenvalue weighted by atomic mass is 19.3. The zero-order valence-electron chi connectivity index (χ0n) is 5.98. The number of halogens is 3. The van der Waals surface area contributed by atoms with Gasteiger partial charge < -0.3 is 4.98 Å². The third-order valence-electron chi connectivity index (χ3n) is 1.40. The summed E-state index contributed by atoms with van der Waals surface area (Å²) < 4.78 is 35.7. The Bertz CT molecular complexity index is 321. The third kappa shape index (κ3) is 1.66. The summed E-state index contributed by atoms with van der Waals surface area (Å²) in [6.45, 7) is -0.946. The smallest absolute Gasteiger partial charge is 0.278 e. The molecule has 0 radical (unpaired) electrons. The number of nitrogens with one attached hydrogen (secondary N) is 1. The molecule has 2 nitrogen and oxygen atoms in total. The Morgan fingerprint density at radius 1 is 1.50 bits per heavy atom. The van der Waals surface area contributed by atoms with E-state index in [2.05, 4.69) is 4.98 Å². The molecule has 5 heteroatoms. The highest BCUT2D eigenvalue weighted by molar-refractivity contribution is 5.14. The first-order valence-corrected chi connectivity index (χ1v) is 3.20. The van der Waals surface area contributed by atoms with Gasteiger partial charge in [-0.2, -0.15) is 0 Å².